The molecule has 0 atom stereocenters. The molecule has 0 aliphatic rings. The number of carbonyl (C=O) groups excluding carboxylic acids is 2. The Morgan fingerprint density at radius 2 is 1.76 bits per heavy atom. The number of carbonyl (C=O) groups is 2. The molecular weight excluding hydrogens is 378 g/mol. The average Bonchev–Trinajstić information content (AvgIpc) is 2.72. The maximum absolute atomic E-state index is 13.2. The lowest BCUT2D eigenvalue weighted by Crippen LogP contribution is -2.20. The Bertz CT molecular complexity index is 1120. The molecule has 3 rings (SSSR count). The topological polar surface area (TPSA) is 118 Å². The maximum atomic E-state index is 13.2. The van der Waals surface area contributed by atoms with E-state index in [1.807, 2.05) is 0 Å². The van der Waals surface area contributed by atoms with Crippen molar-refractivity contribution < 1.29 is 28.2 Å². The molecule has 0 fully saturated rings. The van der Waals surface area contributed by atoms with E-state index in [0.29, 0.717) is 11.3 Å². The second-order valence-electron chi connectivity index (χ2n) is 6.00. The zero-order chi connectivity index (χ0) is 21.0. The van der Waals surface area contributed by atoms with Crippen LogP contribution in [0, 0.1) is 0 Å². The van der Waals surface area contributed by atoms with Gasteiger partial charge in [0.15, 0.2) is 6.61 Å². The van der Waals surface area contributed by atoms with Gasteiger partial charge in [0.05, 0.1) is 24.7 Å². The Kier molecular flexibility index (Phi) is 5.82. The molecule has 0 saturated heterocycles. The molecule has 3 aromatic rings. The Labute approximate surface area is 165 Å². The standard InChI is InChI=1S/C21H19NO7/c1-3-27-21(25)20-18(12-4-6-13(26-2)7-5-12)19(24)15-9-8-14(10-16(15)29-20)28-11-17(22)23/h4-10H,3,11H2,1-2H3,(H2,22,23). The Balaban J connectivity index is 2.19. The van der Waals surface area contributed by atoms with Crippen LogP contribution in [0.3, 0.4) is 0 Å². The van der Waals surface area contributed by atoms with Gasteiger partial charge < -0.3 is 24.4 Å². The molecule has 8 nitrogen and oxygen atoms in total. The number of nitrogens with two attached hydrogens (primary N) is 1. The lowest BCUT2D eigenvalue weighted by Gasteiger charge is -2.11. The van der Waals surface area contributed by atoms with Gasteiger partial charge in [-0.15, -0.1) is 0 Å². The summed E-state index contributed by atoms with van der Waals surface area (Å²) < 4.78 is 21.2. The van der Waals surface area contributed by atoms with Crippen molar-refractivity contribution in [2.24, 2.45) is 5.73 Å². The molecular formula is C21H19NO7. The predicted molar refractivity (Wildman–Crippen MR) is 105 cm³/mol. The lowest BCUT2D eigenvalue weighted by atomic mass is 10.0. The van der Waals surface area contributed by atoms with E-state index in [4.69, 9.17) is 24.4 Å². The highest BCUT2D eigenvalue weighted by Crippen LogP contribution is 2.28. The van der Waals surface area contributed by atoms with Crippen molar-refractivity contribution >= 4 is 22.8 Å². The quantitative estimate of drug-likeness (QED) is 0.609. The molecule has 1 amide bonds. The number of hydrogen-bond donors (Lipinski definition) is 1. The predicted octanol–water partition coefficient (Wildman–Crippen LogP) is 2.51. The van der Waals surface area contributed by atoms with Crippen molar-refractivity contribution in [2.75, 3.05) is 20.3 Å². The van der Waals surface area contributed by atoms with Crippen molar-refractivity contribution in [2.45, 2.75) is 6.92 Å². The normalized spacial score (nSPS) is 10.6. The minimum absolute atomic E-state index is 0.0874. The van der Waals surface area contributed by atoms with E-state index in [2.05, 4.69) is 0 Å². The molecule has 8 heteroatoms. The number of methoxy groups -OCH3 is 1. The summed E-state index contributed by atoms with van der Waals surface area (Å²) in [6.07, 6.45) is 0. The molecule has 150 valence electrons. The molecule has 0 aliphatic heterocycles. The zero-order valence-corrected chi connectivity index (χ0v) is 15.9. The van der Waals surface area contributed by atoms with Gasteiger partial charge >= 0.3 is 5.97 Å². The number of fused-ring (bicyclic) bond motifs is 1. The summed E-state index contributed by atoms with van der Waals surface area (Å²) in [5.41, 5.74) is 5.36. The van der Waals surface area contributed by atoms with Crippen LogP contribution in [0.25, 0.3) is 22.1 Å². The van der Waals surface area contributed by atoms with Crippen LogP contribution >= 0.6 is 0 Å². The Morgan fingerprint density at radius 3 is 2.38 bits per heavy atom. The van der Waals surface area contributed by atoms with Gasteiger partial charge in [0.25, 0.3) is 5.91 Å². The summed E-state index contributed by atoms with van der Waals surface area (Å²) in [5.74, 6) is -0.754. The zero-order valence-electron chi connectivity index (χ0n) is 15.9. The van der Waals surface area contributed by atoms with Crippen LogP contribution < -0.4 is 20.6 Å². The largest absolute Gasteiger partial charge is 0.497 e. The molecule has 2 N–H and O–H groups in total. The summed E-state index contributed by atoms with van der Waals surface area (Å²) >= 11 is 0. The monoisotopic (exact) mass is 397 g/mol. The number of amides is 1. The summed E-state index contributed by atoms with van der Waals surface area (Å²) in [4.78, 5) is 36.6. The first-order chi connectivity index (χ1) is 13.9. The molecule has 0 radical (unpaired) electrons. The van der Waals surface area contributed by atoms with Crippen LogP contribution in [0.2, 0.25) is 0 Å². The molecule has 0 unspecified atom stereocenters. The van der Waals surface area contributed by atoms with Crippen LogP contribution in [0.1, 0.15) is 17.5 Å². The minimum Gasteiger partial charge on any atom is -0.497 e. The first kappa shape index (κ1) is 19.9. The van der Waals surface area contributed by atoms with Crippen LogP contribution in [0.5, 0.6) is 11.5 Å². The maximum Gasteiger partial charge on any atom is 0.375 e. The molecule has 0 aliphatic carbocycles. The number of ether oxygens (including phenoxy) is 3. The Morgan fingerprint density at radius 1 is 1.07 bits per heavy atom. The first-order valence-electron chi connectivity index (χ1n) is 8.78. The van der Waals surface area contributed by atoms with Gasteiger partial charge in [-0.05, 0) is 36.8 Å². The highest BCUT2D eigenvalue weighted by molar-refractivity contribution is 5.97. The second kappa shape index (κ2) is 8.47. The first-order valence-corrected chi connectivity index (χ1v) is 8.78. The number of hydrogen-bond acceptors (Lipinski definition) is 7. The molecule has 1 aromatic heterocycles. The summed E-state index contributed by atoms with van der Waals surface area (Å²) in [6, 6.07) is 11.1. The number of benzene rings is 2. The third-order valence-electron chi connectivity index (χ3n) is 4.08. The van der Waals surface area contributed by atoms with E-state index < -0.39 is 17.3 Å². The fraction of sp³-hybridized carbons (Fsp3) is 0.190. The summed E-state index contributed by atoms with van der Waals surface area (Å²) in [6.45, 7) is 1.44. The molecule has 2 aromatic carbocycles. The number of primary amides is 1. The van der Waals surface area contributed by atoms with Gasteiger partial charge in [0.1, 0.15) is 17.1 Å². The average molecular weight is 397 g/mol. The fourth-order valence-electron chi connectivity index (χ4n) is 2.78. The van der Waals surface area contributed by atoms with Crippen LogP contribution in [-0.4, -0.2) is 32.2 Å². The van der Waals surface area contributed by atoms with E-state index in [9.17, 15) is 14.4 Å². The van der Waals surface area contributed by atoms with Gasteiger partial charge in [-0.3, -0.25) is 9.59 Å². The van der Waals surface area contributed by atoms with Gasteiger partial charge in [-0.25, -0.2) is 4.79 Å². The molecule has 29 heavy (non-hydrogen) atoms. The van der Waals surface area contributed by atoms with E-state index in [1.54, 1.807) is 31.2 Å². The van der Waals surface area contributed by atoms with Crippen LogP contribution in [0.4, 0.5) is 0 Å². The highest BCUT2D eigenvalue weighted by Gasteiger charge is 2.23. The third kappa shape index (κ3) is 4.21. The summed E-state index contributed by atoms with van der Waals surface area (Å²) in [7, 11) is 1.53. The van der Waals surface area contributed by atoms with Gasteiger partial charge in [0.2, 0.25) is 11.2 Å². The fourth-order valence-corrected chi connectivity index (χ4v) is 2.78. The van der Waals surface area contributed by atoms with Crippen LogP contribution in [-0.2, 0) is 9.53 Å². The van der Waals surface area contributed by atoms with E-state index in [-0.39, 0.29) is 41.3 Å². The molecule has 0 bridgehead atoms. The van der Waals surface area contributed by atoms with Crippen molar-refractivity contribution in [3.05, 3.63) is 58.4 Å². The van der Waals surface area contributed by atoms with Crippen molar-refractivity contribution in [3.63, 3.8) is 0 Å². The van der Waals surface area contributed by atoms with E-state index >= 15 is 0 Å². The van der Waals surface area contributed by atoms with Crippen LogP contribution in [0.15, 0.2) is 51.7 Å². The third-order valence-corrected chi connectivity index (χ3v) is 4.08. The highest BCUT2D eigenvalue weighted by atomic mass is 16.5. The molecule has 0 saturated carbocycles. The second-order valence-corrected chi connectivity index (χ2v) is 6.00. The van der Waals surface area contributed by atoms with Gasteiger partial charge in [-0.1, -0.05) is 12.1 Å². The molecule has 1 heterocycles. The Hall–Kier alpha value is -3.81. The minimum atomic E-state index is -0.763. The van der Waals surface area contributed by atoms with Crippen molar-refractivity contribution in [3.8, 4) is 22.6 Å². The number of esters is 1. The summed E-state index contributed by atoms with van der Waals surface area (Å²) in [5, 5.41) is 0.246. The number of rotatable bonds is 7. The molecule has 0 spiro atoms. The van der Waals surface area contributed by atoms with E-state index in [1.165, 1.54) is 25.3 Å². The van der Waals surface area contributed by atoms with E-state index in [0.717, 1.165) is 0 Å². The van der Waals surface area contributed by atoms with Gasteiger partial charge in [-0.2, -0.15) is 0 Å². The lowest BCUT2D eigenvalue weighted by molar-refractivity contribution is -0.119. The van der Waals surface area contributed by atoms with Crippen molar-refractivity contribution in [1.29, 1.82) is 0 Å². The smallest absolute Gasteiger partial charge is 0.375 e. The van der Waals surface area contributed by atoms with Gasteiger partial charge in [0, 0.05) is 6.07 Å². The SMILES string of the molecule is CCOC(=O)c1oc2cc(OCC(N)=O)ccc2c(=O)c1-c1ccc(OC)cc1. The van der Waals surface area contributed by atoms with Crippen molar-refractivity contribution in [1.82, 2.24) is 0 Å².